The fourth-order valence-electron chi connectivity index (χ4n) is 2.00. The van der Waals surface area contributed by atoms with Crippen LogP contribution in [-0.4, -0.2) is 43.9 Å². The molecule has 0 saturated heterocycles. The molecule has 24 heavy (non-hydrogen) atoms. The molecular weight excluding hydrogens is 350 g/mol. The third-order valence-corrected chi connectivity index (χ3v) is 5.24. The molecule has 1 aromatic carbocycles. The molecule has 2 rings (SSSR count). The van der Waals surface area contributed by atoms with Crippen molar-refractivity contribution in [3.05, 3.63) is 46.5 Å². The summed E-state index contributed by atoms with van der Waals surface area (Å²) in [5, 5.41) is 0.345. The van der Waals surface area contributed by atoms with E-state index in [0.717, 1.165) is 10.00 Å². The molecule has 0 bridgehead atoms. The lowest BCUT2D eigenvalue weighted by Gasteiger charge is -2.13. The van der Waals surface area contributed by atoms with Gasteiger partial charge >= 0.3 is 0 Å². The molecule has 0 aliphatic rings. The van der Waals surface area contributed by atoms with E-state index < -0.39 is 10.0 Å². The monoisotopic (exact) mass is 367 g/mol. The van der Waals surface area contributed by atoms with E-state index in [4.69, 9.17) is 16.3 Å². The molecule has 0 saturated carbocycles. The van der Waals surface area contributed by atoms with E-state index in [9.17, 15) is 8.42 Å². The van der Waals surface area contributed by atoms with Crippen molar-refractivity contribution < 1.29 is 13.2 Å². The number of rotatable bonds is 5. The van der Waals surface area contributed by atoms with Crippen LogP contribution in [0.4, 0.5) is 0 Å². The second-order valence-corrected chi connectivity index (χ2v) is 7.75. The van der Waals surface area contributed by atoms with E-state index in [1.807, 2.05) is 6.92 Å². The number of sulfonamides is 1. The lowest BCUT2D eigenvalue weighted by atomic mass is 10.2. The minimum absolute atomic E-state index is 0.177. The van der Waals surface area contributed by atoms with Crippen LogP contribution in [0.15, 0.2) is 29.2 Å². The second-order valence-electron chi connectivity index (χ2n) is 5.21. The first-order chi connectivity index (χ1) is 11.2. The summed E-state index contributed by atoms with van der Waals surface area (Å²) >= 11 is 5.92. The Morgan fingerprint density at radius 1 is 1.17 bits per heavy atom. The maximum atomic E-state index is 12.3. The molecule has 128 valence electrons. The van der Waals surface area contributed by atoms with Gasteiger partial charge in [-0.3, -0.25) is 0 Å². The molecule has 0 atom stereocenters. The topological polar surface area (TPSA) is 72.4 Å². The molecule has 0 N–H and O–H groups in total. The van der Waals surface area contributed by atoms with Crippen molar-refractivity contribution >= 4 is 33.8 Å². The summed E-state index contributed by atoms with van der Waals surface area (Å²) in [5.41, 5.74) is 1.34. The fraction of sp³-hybridized carbons (Fsp3) is 0.250. The predicted octanol–water partition coefficient (Wildman–Crippen LogP) is 2.87. The van der Waals surface area contributed by atoms with Crippen LogP contribution < -0.4 is 4.74 Å². The number of methoxy groups -OCH3 is 1. The highest BCUT2D eigenvalue weighted by molar-refractivity contribution is 7.89. The number of benzene rings is 1. The van der Waals surface area contributed by atoms with Gasteiger partial charge in [0.05, 0.1) is 12.0 Å². The standard InChI is InChI=1S/C16H18ClN3O3S/c1-11-9-15(17)19-16(18-11)8-5-12-10-13(6-7-14(12)23-4)24(21,22)20(2)3/h5-10H,1-4H3. The Kier molecular flexibility index (Phi) is 5.58. The van der Waals surface area contributed by atoms with Crippen LogP contribution >= 0.6 is 11.6 Å². The average Bonchev–Trinajstić information content (AvgIpc) is 2.51. The van der Waals surface area contributed by atoms with Crippen LogP contribution in [0.1, 0.15) is 17.1 Å². The second kappa shape index (κ2) is 7.29. The Bertz CT molecular complexity index is 860. The minimum atomic E-state index is -3.53. The summed E-state index contributed by atoms with van der Waals surface area (Å²) in [6.07, 6.45) is 3.35. The van der Waals surface area contributed by atoms with Gasteiger partial charge in [-0.1, -0.05) is 11.6 Å². The maximum absolute atomic E-state index is 12.3. The van der Waals surface area contributed by atoms with Gasteiger partial charge in [-0.15, -0.1) is 0 Å². The highest BCUT2D eigenvalue weighted by Gasteiger charge is 2.18. The van der Waals surface area contributed by atoms with E-state index in [0.29, 0.717) is 22.3 Å². The Hall–Kier alpha value is -1.96. The van der Waals surface area contributed by atoms with E-state index in [2.05, 4.69) is 9.97 Å². The molecule has 6 nitrogen and oxygen atoms in total. The van der Waals surface area contributed by atoms with Gasteiger partial charge in [-0.25, -0.2) is 22.7 Å². The van der Waals surface area contributed by atoms with Crippen molar-refractivity contribution in [1.29, 1.82) is 0 Å². The smallest absolute Gasteiger partial charge is 0.242 e. The predicted molar refractivity (Wildman–Crippen MR) is 94.6 cm³/mol. The van der Waals surface area contributed by atoms with Gasteiger partial charge in [-0.05, 0) is 43.3 Å². The van der Waals surface area contributed by atoms with E-state index in [1.165, 1.54) is 27.3 Å². The van der Waals surface area contributed by atoms with Gasteiger partial charge in [0, 0.05) is 25.4 Å². The summed E-state index contributed by atoms with van der Waals surface area (Å²) in [6, 6.07) is 6.32. The molecule has 0 spiro atoms. The quantitative estimate of drug-likeness (QED) is 0.760. The SMILES string of the molecule is COc1ccc(S(=O)(=O)N(C)C)cc1C=Cc1nc(C)cc(Cl)n1. The molecule has 0 amide bonds. The lowest BCUT2D eigenvalue weighted by Crippen LogP contribution is -2.22. The van der Waals surface area contributed by atoms with Crippen LogP contribution in [0.5, 0.6) is 5.75 Å². The number of aryl methyl sites for hydroxylation is 1. The van der Waals surface area contributed by atoms with Gasteiger partial charge < -0.3 is 4.74 Å². The Morgan fingerprint density at radius 2 is 1.88 bits per heavy atom. The molecular formula is C16H18ClN3O3S. The van der Waals surface area contributed by atoms with Gasteiger partial charge in [0.15, 0.2) is 5.82 Å². The number of hydrogen-bond acceptors (Lipinski definition) is 5. The highest BCUT2D eigenvalue weighted by atomic mass is 35.5. The first-order valence-corrected chi connectivity index (χ1v) is 8.85. The number of halogens is 1. The highest BCUT2D eigenvalue weighted by Crippen LogP contribution is 2.25. The summed E-state index contributed by atoms with van der Waals surface area (Å²) in [6.45, 7) is 1.82. The minimum Gasteiger partial charge on any atom is -0.496 e. The summed E-state index contributed by atoms with van der Waals surface area (Å²) in [5.74, 6) is 0.977. The molecule has 0 radical (unpaired) electrons. The first-order valence-electron chi connectivity index (χ1n) is 7.04. The summed E-state index contributed by atoms with van der Waals surface area (Å²) < 4.78 is 31.0. The van der Waals surface area contributed by atoms with Crippen LogP contribution in [0.2, 0.25) is 5.15 Å². The molecule has 1 heterocycles. The van der Waals surface area contributed by atoms with Gasteiger partial charge in [-0.2, -0.15) is 0 Å². The molecule has 0 aliphatic carbocycles. The lowest BCUT2D eigenvalue weighted by molar-refractivity contribution is 0.413. The molecule has 1 aromatic heterocycles. The van der Waals surface area contributed by atoms with Crippen molar-refractivity contribution in [2.75, 3.05) is 21.2 Å². The average molecular weight is 368 g/mol. The van der Waals surface area contributed by atoms with E-state index in [-0.39, 0.29) is 4.90 Å². The van der Waals surface area contributed by atoms with E-state index in [1.54, 1.807) is 30.4 Å². The van der Waals surface area contributed by atoms with Crippen LogP contribution in [0, 0.1) is 6.92 Å². The number of nitrogens with zero attached hydrogens (tertiary/aromatic N) is 3. The van der Waals surface area contributed by atoms with Gasteiger partial charge in [0.25, 0.3) is 0 Å². The number of aromatic nitrogens is 2. The normalized spacial score (nSPS) is 12.1. The van der Waals surface area contributed by atoms with Crippen molar-refractivity contribution in [2.45, 2.75) is 11.8 Å². The number of ether oxygens (including phenoxy) is 1. The van der Waals surface area contributed by atoms with Crippen LogP contribution in [-0.2, 0) is 10.0 Å². The fourth-order valence-corrected chi connectivity index (χ4v) is 3.19. The summed E-state index contributed by atoms with van der Waals surface area (Å²) in [4.78, 5) is 8.54. The molecule has 2 aromatic rings. The van der Waals surface area contributed by atoms with Crippen molar-refractivity contribution in [1.82, 2.24) is 14.3 Å². The zero-order valence-corrected chi connectivity index (χ0v) is 15.4. The van der Waals surface area contributed by atoms with Crippen molar-refractivity contribution in [3.8, 4) is 5.75 Å². The molecule has 0 fully saturated rings. The Balaban J connectivity index is 2.46. The van der Waals surface area contributed by atoms with Crippen molar-refractivity contribution in [2.24, 2.45) is 0 Å². The molecule has 0 aliphatic heterocycles. The molecule has 8 heteroatoms. The third kappa shape index (κ3) is 4.11. The summed E-state index contributed by atoms with van der Waals surface area (Å²) in [7, 11) is 0.959. The maximum Gasteiger partial charge on any atom is 0.242 e. The zero-order valence-electron chi connectivity index (χ0n) is 13.8. The largest absolute Gasteiger partial charge is 0.496 e. The van der Waals surface area contributed by atoms with Gasteiger partial charge in [0.2, 0.25) is 10.0 Å². The first kappa shape index (κ1) is 18.4. The Morgan fingerprint density at radius 3 is 2.46 bits per heavy atom. The van der Waals surface area contributed by atoms with Gasteiger partial charge in [0.1, 0.15) is 10.9 Å². The third-order valence-electron chi connectivity index (χ3n) is 3.23. The van der Waals surface area contributed by atoms with Crippen LogP contribution in [0.25, 0.3) is 12.2 Å². The van der Waals surface area contributed by atoms with Crippen LogP contribution in [0.3, 0.4) is 0 Å². The van der Waals surface area contributed by atoms with Crippen molar-refractivity contribution in [3.63, 3.8) is 0 Å². The molecule has 0 unspecified atom stereocenters. The number of hydrogen-bond donors (Lipinski definition) is 0. The van der Waals surface area contributed by atoms with E-state index >= 15 is 0 Å². The zero-order chi connectivity index (χ0) is 17.9. The Labute approximate surface area is 146 Å².